The Morgan fingerprint density at radius 3 is 2.50 bits per heavy atom. The zero-order valence-electron chi connectivity index (χ0n) is 11.0. The fourth-order valence-electron chi connectivity index (χ4n) is 1.60. The van der Waals surface area contributed by atoms with Crippen LogP contribution in [0.4, 0.5) is 0 Å². The third-order valence-electron chi connectivity index (χ3n) is 2.70. The molecule has 0 saturated carbocycles. The van der Waals surface area contributed by atoms with Gasteiger partial charge >= 0.3 is 0 Å². The highest BCUT2D eigenvalue weighted by molar-refractivity contribution is 5.85. The Morgan fingerprint density at radius 2 is 1.94 bits per heavy atom. The predicted molar refractivity (Wildman–Crippen MR) is 70.8 cm³/mol. The Balaban J connectivity index is 0.00000289. The average Bonchev–Trinajstić information content (AvgIpc) is 2.36. The summed E-state index contributed by atoms with van der Waals surface area (Å²) in [4.78, 5) is 26.6. The smallest absolute Gasteiger partial charge is 0.248 e. The van der Waals surface area contributed by atoms with Gasteiger partial charge in [0, 0.05) is 39.8 Å². The number of ether oxygens (including phenoxy) is 1. The van der Waals surface area contributed by atoms with Crippen LogP contribution in [0.3, 0.4) is 0 Å². The van der Waals surface area contributed by atoms with Crippen molar-refractivity contribution in [2.75, 3.05) is 53.0 Å². The van der Waals surface area contributed by atoms with Gasteiger partial charge in [0.25, 0.3) is 0 Å². The van der Waals surface area contributed by atoms with E-state index in [2.05, 4.69) is 5.32 Å². The van der Waals surface area contributed by atoms with E-state index in [1.165, 1.54) is 4.90 Å². The van der Waals surface area contributed by atoms with E-state index in [1.54, 1.807) is 11.9 Å². The predicted octanol–water partition coefficient (Wildman–Crippen LogP) is -0.665. The van der Waals surface area contributed by atoms with Gasteiger partial charge in [-0.1, -0.05) is 0 Å². The fourth-order valence-corrected chi connectivity index (χ4v) is 1.60. The molecule has 0 atom stereocenters. The van der Waals surface area contributed by atoms with Crippen LogP contribution in [0.15, 0.2) is 0 Å². The van der Waals surface area contributed by atoms with Gasteiger partial charge in [-0.05, 0) is 6.92 Å². The molecule has 0 unspecified atom stereocenters. The summed E-state index contributed by atoms with van der Waals surface area (Å²) in [6.07, 6.45) is 0. The molecule has 1 aliphatic heterocycles. The van der Waals surface area contributed by atoms with Crippen molar-refractivity contribution in [2.45, 2.75) is 6.92 Å². The number of piperazine rings is 1. The van der Waals surface area contributed by atoms with Crippen molar-refractivity contribution in [2.24, 2.45) is 0 Å². The summed E-state index contributed by atoms with van der Waals surface area (Å²) in [5, 5.41) is 3.18. The van der Waals surface area contributed by atoms with Crippen molar-refractivity contribution in [3.63, 3.8) is 0 Å². The molecular formula is C11H22ClN3O3. The molecule has 0 radical (unpaired) electrons. The van der Waals surface area contributed by atoms with Gasteiger partial charge in [-0.15, -0.1) is 12.4 Å². The number of nitrogens with one attached hydrogen (secondary N) is 1. The Morgan fingerprint density at radius 1 is 1.33 bits per heavy atom. The van der Waals surface area contributed by atoms with Gasteiger partial charge in [0.1, 0.15) is 6.61 Å². The summed E-state index contributed by atoms with van der Waals surface area (Å²) in [6, 6.07) is 0. The molecule has 1 aliphatic rings. The van der Waals surface area contributed by atoms with Crippen molar-refractivity contribution in [3.05, 3.63) is 0 Å². The van der Waals surface area contributed by atoms with Crippen LogP contribution < -0.4 is 5.32 Å². The van der Waals surface area contributed by atoms with E-state index in [1.807, 2.05) is 6.92 Å². The molecule has 18 heavy (non-hydrogen) atoms. The highest BCUT2D eigenvalue weighted by Gasteiger charge is 2.19. The monoisotopic (exact) mass is 279 g/mol. The highest BCUT2D eigenvalue weighted by Crippen LogP contribution is 1.96. The van der Waals surface area contributed by atoms with Crippen LogP contribution in [0, 0.1) is 0 Å². The number of hydrogen-bond donors (Lipinski definition) is 1. The second-order valence-corrected chi connectivity index (χ2v) is 4.02. The van der Waals surface area contributed by atoms with Crippen LogP contribution in [-0.2, 0) is 14.3 Å². The molecule has 0 spiro atoms. The molecule has 0 aromatic rings. The van der Waals surface area contributed by atoms with Gasteiger partial charge in [-0.2, -0.15) is 0 Å². The van der Waals surface area contributed by atoms with Crippen molar-refractivity contribution in [1.82, 2.24) is 15.1 Å². The van der Waals surface area contributed by atoms with E-state index in [4.69, 9.17) is 4.74 Å². The van der Waals surface area contributed by atoms with Crippen LogP contribution in [0.25, 0.3) is 0 Å². The minimum absolute atomic E-state index is 0. The minimum atomic E-state index is -0.157. The summed E-state index contributed by atoms with van der Waals surface area (Å²) in [7, 11) is 1.63. The number of rotatable bonds is 5. The largest absolute Gasteiger partial charge is 0.372 e. The SMILES string of the molecule is CCOCC(=O)N(C)CC(=O)N1CCNCC1.Cl. The van der Waals surface area contributed by atoms with Crippen LogP contribution in [0.2, 0.25) is 0 Å². The molecule has 0 bridgehead atoms. The molecule has 7 heteroatoms. The van der Waals surface area contributed by atoms with E-state index in [-0.39, 0.29) is 37.4 Å². The first-order chi connectivity index (χ1) is 8.15. The fraction of sp³-hybridized carbons (Fsp3) is 0.818. The van der Waals surface area contributed by atoms with Crippen LogP contribution >= 0.6 is 12.4 Å². The number of nitrogens with zero attached hydrogens (tertiary/aromatic N) is 2. The van der Waals surface area contributed by atoms with E-state index < -0.39 is 0 Å². The molecule has 0 aromatic heterocycles. The minimum Gasteiger partial charge on any atom is -0.372 e. The third kappa shape index (κ3) is 5.66. The maximum atomic E-state index is 11.9. The standard InChI is InChI=1S/C11H21N3O3.ClH/c1-3-17-9-11(16)13(2)8-10(15)14-6-4-12-5-7-14;/h12H,3-9H2,1-2H3;1H. The van der Waals surface area contributed by atoms with Gasteiger partial charge in [0.15, 0.2) is 0 Å². The summed E-state index contributed by atoms with van der Waals surface area (Å²) in [5.74, 6) is -0.158. The molecule has 2 amide bonds. The summed E-state index contributed by atoms with van der Waals surface area (Å²) in [6.45, 7) is 5.58. The van der Waals surface area contributed by atoms with Gasteiger partial charge in [-0.25, -0.2) is 0 Å². The molecule has 1 saturated heterocycles. The number of carbonyl (C=O) groups excluding carboxylic acids is 2. The number of halogens is 1. The zero-order valence-corrected chi connectivity index (χ0v) is 11.8. The third-order valence-corrected chi connectivity index (χ3v) is 2.70. The number of amides is 2. The summed E-state index contributed by atoms with van der Waals surface area (Å²) in [5.41, 5.74) is 0. The van der Waals surface area contributed by atoms with Crippen molar-refractivity contribution in [1.29, 1.82) is 0 Å². The molecule has 0 aromatic carbocycles. The maximum Gasteiger partial charge on any atom is 0.248 e. The van der Waals surface area contributed by atoms with E-state index >= 15 is 0 Å². The van der Waals surface area contributed by atoms with Gasteiger partial charge in [-0.3, -0.25) is 9.59 Å². The van der Waals surface area contributed by atoms with Gasteiger partial charge in [0.05, 0.1) is 6.54 Å². The van der Waals surface area contributed by atoms with E-state index in [0.717, 1.165) is 13.1 Å². The first-order valence-electron chi connectivity index (χ1n) is 5.95. The zero-order chi connectivity index (χ0) is 12.7. The Labute approximate surface area is 114 Å². The van der Waals surface area contributed by atoms with Gasteiger partial charge in [0.2, 0.25) is 11.8 Å². The molecule has 1 rings (SSSR count). The lowest BCUT2D eigenvalue weighted by Crippen LogP contribution is -2.50. The maximum absolute atomic E-state index is 11.9. The van der Waals surface area contributed by atoms with Crippen molar-refractivity contribution >= 4 is 24.2 Å². The van der Waals surface area contributed by atoms with E-state index in [0.29, 0.717) is 19.7 Å². The molecular weight excluding hydrogens is 258 g/mol. The molecule has 0 aliphatic carbocycles. The second-order valence-electron chi connectivity index (χ2n) is 4.02. The van der Waals surface area contributed by atoms with E-state index in [9.17, 15) is 9.59 Å². The lowest BCUT2D eigenvalue weighted by molar-refractivity contribution is -0.142. The van der Waals surface area contributed by atoms with Crippen molar-refractivity contribution in [3.8, 4) is 0 Å². The lowest BCUT2D eigenvalue weighted by atomic mass is 10.3. The normalized spacial score (nSPS) is 14.9. The number of carbonyl (C=O) groups is 2. The first kappa shape index (κ1) is 17.2. The lowest BCUT2D eigenvalue weighted by Gasteiger charge is -2.29. The molecule has 6 nitrogen and oxygen atoms in total. The van der Waals surface area contributed by atoms with Crippen LogP contribution in [-0.4, -0.2) is 74.6 Å². The highest BCUT2D eigenvalue weighted by atomic mass is 35.5. The first-order valence-corrected chi connectivity index (χ1v) is 5.95. The summed E-state index contributed by atoms with van der Waals surface area (Å²) >= 11 is 0. The Hall–Kier alpha value is -0.850. The molecule has 1 N–H and O–H groups in total. The second kappa shape index (κ2) is 9.13. The number of hydrogen-bond acceptors (Lipinski definition) is 4. The van der Waals surface area contributed by atoms with Crippen molar-refractivity contribution < 1.29 is 14.3 Å². The topological polar surface area (TPSA) is 61.9 Å². The van der Waals surface area contributed by atoms with Crippen LogP contribution in [0.1, 0.15) is 6.92 Å². The average molecular weight is 280 g/mol. The summed E-state index contributed by atoms with van der Waals surface area (Å²) < 4.78 is 5.02. The molecule has 106 valence electrons. The van der Waals surface area contributed by atoms with Crippen LogP contribution in [0.5, 0.6) is 0 Å². The molecule has 1 heterocycles. The Kier molecular flexibility index (Phi) is 8.70. The number of likely N-dealkylation sites (N-methyl/N-ethyl adjacent to an activating group) is 1. The Bertz CT molecular complexity index is 270. The molecule has 1 fully saturated rings. The quantitative estimate of drug-likeness (QED) is 0.725. The van der Waals surface area contributed by atoms with Gasteiger partial charge < -0.3 is 19.9 Å².